The number of carbonyl (C=O) groups excluding carboxylic acids is 1. The Labute approximate surface area is 138 Å². The fraction of sp³-hybridized carbons (Fsp3) is 0.167. The number of aryl methyl sites for hydroxylation is 2. The van der Waals surface area contributed by atoms with Crippen molar-refractivity contribution in [1.82, 2.24) is 0 Å². The van der Waals surface area contributed by atoms with E-state index in [1.165, 1.54) is 0 Å². The Morgan fingerprint density at radius 1 is 1.08 bits per heavy atom. The van der Waals surface area contributed by atoms with E-state index < -0.39 is 11.6 Å². The van der Waals surface area contributed by atoms with Gasteiger partial charge in [0.1, 0.15) is 0 Å². The van der Waals surface area contributed by atoms with Crippen LogP contribution in [0.4, 0.5) is 11.4 Å². The Bertz CT molecular complexity index is 949. The highest BCUT2D eigenvalue weighted by Gasteiger charge is 2.50. The van der Waals surface area contributed by atoms with E-state index in [1.54, 1.807) is 18.2 Å². The topological polar surface area (TPSA) is 90.8 Å². The second-order valence-electron chi connectivity index (χ2n) is 6.15. The van der Waals surface area contributed by atoms with Crippen LogP contribution in [-0.4, -0.2) is 22.7 Å². The summed E-state index contributed by atoms with van der Waals surface area (Å²) < 4.78 is 0. The third-order valence-electron chi connectivity index (χ3n) is 4.37. The van der Waals surface area contributed by atoms with Crippen LogP contribution in [0, 0.1) is 13.8 Å². The maximum atomic E-state index is 12.7. The largest absolute Gasteiger partial charge is 0.477 e. The van der Waals surface area contributed by atoms with Gasteiger partial charge in [-0.25, -0.2) is 9.79 Å². The van der Waals surface area contributed by atoms with Gasteiger partial charge in [0.15, 0.2) is 5.71 Å². The maximum Gasteiger partial charge on any atom is 0.354 e. The zero-order valence-electron chi connectivity index (χ0n) is 13.2. The first-order chi connectivity index (χ1) is 11.4. The van der Waals surface area contributed by atoms with Crippen molar-refractivity contribution in [3.05, 3.63) is 58.7 Å². The molecule has 2 heterocycles. The number of rotatable bonds is 1. The number of carboxylic acids is 1. The van der Waals surface area contributed by atoms with E-state index in [4.69, 9.17) is 0 Å². The van der Waals surface area contributed by atoms with Gasteiger partial charge in [-0.1, -0.05) is 23.3 Å². The molecular formula is C18H15N3O3. The monoisotopic (exact) mass is 321 g/mol. The molecule has 2 aromatic carbocycles. The number of benzene rings is 2. The molecule has 1 spiro atoms. The normalized spacial score (nSPS) is 20.8. The van der Waals surface area contributed by atoms with Crippen molar-refractivity contribution in [2.45, 2.75) is 19.5 Å². The molecule has 0 bridgehead atoms. The van der Waals surface area contributed by atoms with E-state index in [-0.39, 0.29) is 11.6 Å². The smallest absolute Gasteiger partial charge is 0.354 e. The van der Waals surface area contributed by atoms with E-state index >= 15 is 0 Å². The Kier molecular flexibility index (Phi) is 2.81. The van der Waals surface area contributed by atoms with E-state index in [2.05, 4.69) is 15.6 Å². The molecule has 1 atom stereocenters. The van der Waals surface area contributed by atoms with Crippen molar-refractivity contribution in [2.75, 3.05) is 10.6 Å². The molecule has 0 fully saturated rings. The minimum Gasteiger partial charge on any atom is -0.477 e. The molecule has 0 saturated heterocycles. The Morgan fingerprint density at radius 3 is 2.46 bits per heavy atom. The van der Waals surface area contributed by atoms with E-state index in [0.717, 1.165) is 11.1 Å². The van der Waals surface area contributed by atoms with Crippen LogP contribution in [0.2, 0.25) is 0 Å². The molecule has 0 saturated carbocycles. The summed E-state index contributed by atoms with van der Waals surface area (Å²) in [4.78, 5) is 28.8. The summed E-state index contributed by atoms with van der Waals surface area (Å²) in [6.45, 7) is 3.80. The Balaban J connectivity index is 2.00. The Morgan fingerprint density at radius 2 is 1.75 bits per heavy atom. The number of fused-ring (bicyclic) bond motifs is 3. The summed E-state index contributed by atoms with van der Waals surface area (Å²) in [7, 11) is 0. The Hall–Kier alpha value is -3.15. The van der Waals surface area contributed by atoms with Crippen LogP contribution in [0.5, 0.6) is 0 Å². The summed E-state index contributed by atoms with van der Waals surface area (Å²) in [5, 5.41) is 15.6. The molecule has 1 amide bonds. The lowest BCUT2D eigenvalue weighted by Crippen LogP contribution is -2.45. The number of carbonyl (C=O) groups is 2. The van der Waals surface area contributed by atoms with Crippen LogP contribution in [0.1, 0.15) is 22.3 Å². The molecular weight excluding hydrogens is 306 g/mol. The molecule has 24 heavy (non-hydrogen) atoms. The van der Waals surface area contributed by atoms with Gasteiger partial charge in [0.2, 0.25) is 5.66 Å². The number of amides is 1. The van der Waals surface area contributed by atoms with Crippen LogP contribution < -0.4 is 10.6 Å². The highest BCUT2D eigenvalue weighted by Crippen LogP contribution is 2.43. The van der Waals surface area contributed by atoms with Gasteiger partial charge in [0.25, 0.3) is 5.91 Å². The van der Waals surface area contributed by atoms with E-state index in [9.17, 15) is 14.7 Å². The second kappa shape index (κ2) is 4.67. The van der Waals surface area contributed by atoms with Crippen molar-refractivity contribution in [3.8, 4) is 0 Å². The van der Waals surface area contributed by atoms with Crippen molar-refractivity contribution in [3.63, 3.8) is 0 Å². The van der Waals surface area contributed by atoms with Gasteiger partial charge in [-0.3, -0.25) is 4.79 Å². The molecule has 3 N–H and O–H groups in total. The molecule has 120 valence electrons. The third kappa shape index (κ3) is 1.86. The molecule has 1 unspecified atom stereocenters. The van der Waals surface area contributed by atoms with Crippen LogP contribution in [0.15, 0.2) is 41.4 Å². The number of anilines is 2. The summed E-state index contributed by atoms with van der Waals surface area (Å²) in [6.07, 6.45) is 0. The van der Waals surface area contributed by atoms with Gasteiger partial charge in [-0.05, 0) is 38.1 Å². The van der Waals surface area contributed by atoms with Crippen LogP contribution in [0.3, 0.4) is 0 Å². The lowest BCUT2D eigenvalue weighted by atomic mass is 9.93. The zero-order chi connectivity index (χ0) is 17.1. The molecule has 2 aliphatic heterocycles. The molecule has 2 aromatic rings. The highest BCUT2D eigenvalue weighted by molar-refractivity contribution is 6.44. The van der Waals surface area contributed by atoms with E-state index in [0.29, 0.717) is 22.5 Å². The van der Waals surface area contributed by atoms with Gasteiger partial charge >= 0.3 is 5.97 Å². The summed E-state index contributed by atoms with van der Waals surface area (Å²) in [5.41, 5.74) is 2.68. The van der Waals surface area contributed by atoms with Crippen LogP contribution in [0.25, 0.3) is 0 Å². The first-order valence-corrected chi connectivity index (χ1v) is 7.56. The number of nitrogens with one attached hydrogen (secondary N) is 2. The lowest BCUT2D eigenvalue weighted by molar-refractivity contribution is -0.129. The van der Waals surface area contributed by atoms with Crippen molar-refractivity contribution < 1.29 is 14.7 Å². The minimum absolute atomic E-state index is 0.114. The summed E-state index contributed by atoms with van der Waals surface area (Å²) in [6, 6.07) is 11.0. The van der Waals surface area contributed by atoms with Crippen LogP contribution in [-0.2, 0) is 15.3 Å². The number of aliphatic imine (C=N–C) groups is 1. The summed E-state index contributed by atoms with van der Waals surface area (Å²) >= 11 is 0. The SMILES string of the molecule is Cc1ccc2c(c1)C(C(=O)O)=NC1(N2)C(=O)Nc2ccc(C)cc21. The average molecular weight is 321 g/mol. The molecule has 0 aromatic heterocycles. The average Bonchev–Trinajstić information content (AvgIpc) is 2.79. The molecule has 4 rings (SSSR count). The third-order valence-corrected chi connectivity index (χ3v) is 4.37. The van der Waals surface area contributed by atoms with Gasteiger partial charge in [-0.2, -0.15) is 0 Å². The predicted molar refractivity (Wildman–Crippen MR) is 90.5 cm³/mol. The zero-order valence-corrected chi connectivity index (χ0v) is 13.2. The lowest BCUT2D eigenvalue weighted by Gasteiger charge is -2.31. The minimum atomic E-state index is -1.45. The number of nitrogens with zero attached hydrogens (tertiary/aromatic N) is 1. The van der Waals surface area contributed by atoms with Crippen molar-refractivity contribution in [1.29, 1.82) is 0 Å². The quantitative estimate of drug-likeness (QED) is 0.752. The molecule has 0 radical (unpaired) electrons. The molecule has 6 nitrogen and oxygen atoms in total. The van der Waals surface area contributed by atoms with Crippen LogP contribution >= 0.6 is 0 Å². The van der Waals surface area contributed by atoms with Gasteiger partial charge < -0.3 is 15.7 Å². The van der Waals surface area contributed by atoms with Gasteiger partial charge in [-0.15, -0.1) is 0 Å². The number of hydrogen-bond acceptors (Lipinski definition) is 4. The molecule has 0 aliphatic carbocycles. The first-order valence-electron chi connectivity index (χ1n) is 7.56. The van der Waals surface area contributed by atoms with E-state index in [1.807, 2.05) is 32.0 Å². The molecule has 2 aliphatic rings. The predicted octanol–water partition coefficient (Wildman–Crippen LogP) is 2.41. The number of aliphatic carboxylic acids is 1. The van der Waals surface area contributed by atoms with Gasteiger partial charge in [0.05, 0.1) is 0 Å². The first kappa shape index (κ1) is 14.4. The number of carboxylic acid groups (broad SMARTS) is 1. The maximum absolute atomic E-state index is 12.7. The standard InChI is InChI=1S/C18H15N3O3/c1-9-3-5-13-11(7-9)15(16(22)23)21-18(20-13)12-8-10(2)4-6-14(12)19-17(18)24/h3-8,20H,1-2H3,(H,19,24)(H,22,23). The second-order valence-corrected chi connectivity index (χ2v) is 6.15. The summed E-state index contributed by atoms with van der Waals surface area (Å²) in [5.74, 6) is -1.54. The fourth-order valence-corrected chi connectivity index (χ4v) is 3.21. The van der Waals surface area contributed by atoms with Crippen molar-refractivity contribution >= 4 is 29.0 Å². The highest BCUT2D eigenvalue weighted by atomic mass is 16.4. The van der Waals surface area contributed by atoms with Crippen molar-refractivity contribution in [2.24, 2.45) is 4.99 Å². The number of hydrogen-bond donors (Lipinski definition) is 3. The van der Waals surface area contributed by atoms with Gasteiger partial charge in [0, 0.05) is 22.5 Å². The molecule has 6 heteroatoms. The fourth-order valence-electron chi connectivity index (χ4n) is 3.21.